The van der Waals surface area contributed by atoms with Crippen LogP contribution in [0.1, 0.15) is 36.2 Å². The third kappa shape index (κ3) is 4.39. The molecule has 1 heterocycles. The second-order valence-electron chi connectivity index (χ2n) is 7.00. The number of aliphatic carboxylic acids is 1. The molecular formula is C20H23N3O6. The number of methoxy groups -OCH3 is 1. The molecule has 1 saturated carbocycles. The van der Waals surface area contributed by atoms with Gasteiger partial charge >= 0.3 is 5.97 Å². The highest BCUT2D eigenvalue weighted by Crippen LogP contribution is 2.30. The van der Waals surface area contributed by atoms with E-state index >= 15 is 0 Å². The van der Waals surface area contributed by atoms with Crippen LogP contribution in [0.25, 0.3) is 5.69 Å². The molecule has 0 spiro atoms. The average Bonchev–Trinajstić information content (AvgIpc) is 2.72. The van der Waals surface area contributed by atoms with Crippen molar-refractivity contribution in [3.8, 4) is 17.2 Å². The smallest absolute Gasteiger partial charge is 0.306 e. The highest BCUT2D eigenvalue weighted by Gasteiger charge is 2.31. The van der Waals surface area contributed by atoms with E-state index in [1.54, 1.807) is 24.3 Å². The molecule has 1 aromatic carbocycles. The lowest BCUT2D eigenvalue weighted by Gasteiger charge is -2.28. The fourth-order valence-electron chi connectivity index (χ4n) is 3.67. The predicted molar refractivity (Wildman–Crippen MR) is 103 cm³/mol. The Morgan fingerprint density at radius 1 is 1.28 bits per heavy atom. The number of para-hydroxylation sites is 2. The van der Waals surface area contributed by atoms with Crippen LogP contribution < -0.4 is 15.6 Å². The molecule has 1 amide bonds. The highest BCUT2D eigenvalue weighted by atomic mass is 16.5. The molecule has 2 aromatic rings. The quantitative estimate of drug-likeness (QED) is 0.669. The first kappa shape index (κ1) is 20.4. The molecule has 0 unspecified atom stereocenters. The molecule has 9 nitrogen and oxygen atoms in total. The predicted octanol–water partition coefficient (Wildman–Crippen LogP) is 1.57. The molecule has 0 radical (unpaired) electrons. The fourth-order valence-corrected chi connectivity index (χ4v) is 3.67. The minimum Gasteiger partial charge on any atom is -0.505 e. The number of rotatable bonds is 6. The summed E-state index contributed by atoms with van der Waals surface area (Å²) in [7, 11) is 1.45. The van der Waals surface area contributed by atoms with E-state index in [0.717, 1.165) is 23.6 Å². The number of carboxylic acid groups (broad SMARTS) is 1. The molecule has 3 rings (SSSR count). The molecule has 1 aliphatic rings. The van der Waals surface area contributed by atoms with Gasteiger partial charge in [0, 0.05) is 12.6 Å². The fraction of sp³-hybridized carbons (Fsp3) is 0.400. The van der Waals surface area contributed by atoms with Crippen LogP contribution >= 0.6 is 0 Å². The van der Waals surface area contributed by atoms with Gasteiger partial charge in [0.25, 0.3) is 11.5 Å². The van der Waals surface area contributed by atoms with Crippen LogP contribution in [0.5, 0.6) is 11.5 Å². The van der Waals surface area contributed by atoms with Crippen molar-refractivity contribution in [2.45, 2.75) is 25.7 Å². The van der Waals surface area contributed by atoms with Gasteiger partial charge in [-0.25, -0.2) is 0 Å². The third-order valence-corrected chi connectivity index (χ3v) is 5.19. The first-order valence-corrected chi connectivity index (χ1v) is 9.40. The Bertz CT molecular complexity index is 971. The summed E-state index contributed by atoms with van der Waals surface area (Å²) in [5.74, 6) is -2.40. The lowest BCUT2D eigenvalue weighted by atomic mass is 9.79. The molecular weight excluding hydrogens is 378 g/mol. The zero-order valence-electron chi connectivity index (χ0n) is 16.0. The number of nitrogens with one attached hydrogen (secondary N) is 1. The Balaban J connectivity index is 1.84. The Labute approximate surface area is 166 Å². The zero-order valence-corrected chi connectivity index (χ0v) is 16.0. The van der Waals surface area contributed by atoms with Crippen LogP contribution in [0.15, 0.2) is 35.1 Å². The molecule has 29 heavy (non-hydrogen) atoms. The van der Waals surface area contributed by atoms with E-state index in [1.807, 2.05) is 0 Å². The van der Waals surface area contributed by atoms with Crippen molar-refractivity contribution in [1.82, 2.24) is 15.1 Å². The summed E-state index contributed by atoms with van der Waals surface area (Å²) in [6.07, 6.45) is 3.05. The van der Waals surface area contributed by atoms with Crippen LogP contribution in [0.4, 0.5) is 0 Å². The van der Waals surface area contributed by atoms with Gasteiger partial charge in [0.2, 0.25) is 0 Å². The maximum atomic E-state index is 12.6. The van der Waals surface area contributed by atoms with E-state index in [2.05, 4.69) is 10.4 Å². The van der Waals surface area contributed by atoms with Crippen molar-refractivity contribution < 1.29 is 24.5 Å². The van der Waals surface area contributed by atoms with Crippen LogP contribution in [-0.4, -0.2) is 45.5 Å². The second-order valence-corrected chi connectivity index (χ2v) is 7.00. The summed E-state index contributed by atoms with van der Waals surface area (Å²) in [4.78, 5) is 36.3. The standard InChI is InChI=1S/C20H23N3O6/c1-29-16-9-5-4-8-14(16)23-17(25)10-15(24)18(22-23)19(26)21-11-12-6-2-3-7-13(12)20(27)28/h4-5,8-10,12-13,24H,2-3,6-7,11H2,1H3,(H,21,26)(H,27,28)/t12-,13-/m0/s1. The number of carboxylic acids is 1. The van der Waals surface area contributed by atoms with Crippen LogP contribution in [0.3, 0.4) is 0 Å². The molecule has 1 fully saturated rings. The van der Waals surface area contributed by atoms with Crippen molar-refractivity contribution in [1.29, 1.82) is 0 Å². The first-order chi connectivity index (χ1) is 13.9. The summed E-state index contributed by atoms with van der Waals surface area (Å²) in [5, 5.41) is 26.1. The lowest BCUT2D eigenvalue weighted by molar-refractivity contribution is -0.144. The Kier molecular flexibility index (Phi) is 6.16. The normalized spacial score (nSPS) is 18.8. The number of ether oxygens (including phenoxy) is 1. The van der Waals surface area contributed by atoms with Gasteiger partial charge in [0.05, 0.1) is 13.0 Å². The summed E-state index contributed by atoms with van der Waals surface area (Å²) < 4.78 is 6.21. The van der Waals surface area contributed by atoms with E-state index < -0.39 is 29.1 Å². The summed E-state index contributed by atoms with van der Waals surface area (Å²) in [5.41, 5.74) is -0.618. The molecule has 3 N–H and O–H groups in total. The second kappa shape index (κ2) is 8.76. The number of hydrogen-bond donors (Lipinski definition) is 3. The minimum atomic E-state index is -0.866. The number of carbonyl (C=O) groups is 2. The molecule has 0 bridgehead atoms. The summed E-state index contributed by atoms with van der Waals surface area (Å²) >= 11 is 0. The molecule has 1 aromatic heterocycles. The molecule has 9 heteroatoms. The number of carbonyl (C=O) groups excluding carboxylic acids is 1. The van der Waals surface area contributed by atoms with Gasteiger partial charge in [-0.2, -0.15) is 9.78 Å². The van der Waals surface area contributed by atoms with E-state index in [4.69, 9.17) is 4.74 Å². The SMILES string of the molecule is COc1ccccc1-n1nc(C(=O)NC[C@@H]2CCCC[C@@H]2C(=O)O)c(O)cc1=O. The number of aromatic hydroxyl groups is 1. The molecule has 2 atom stereocenters. The van der Waals surface area contributed by atoms with E-state index in [9.17, 15) is 24.6 Å². The van der Waals surface area contributed by atoms with Crippen LogP contribution in [-0.2, 0) is 4.79 Å². The first-order valence-electron chi connectivity index (χ1n) is 9.40. The average molecular weight is 401 g/mol. The van der Waals surface area contributed by atoms with E-state index in [1.165, 1.54) is 7.11 Å². The van der Waals surface area contributed by atoms with Gasteiger partial charge in [0.15, 0.2) is 11.4 Å². The van der Waals surface area contributed by atoms with Crippen molar-refractivity contribution in [2.75, 3.05) is 13.7 Å². The molecule has 154 valence electrons. The molecule has 0 saturated heterocycles. The van der Waals surface area contributed by atoms with E-state index in [-0.39, 0.29) is 18.2 Å². The van der Waals surface area contributed by atoms with Gasteiger partial charge in [-0.3, -0.25) is 14.4 Å². The third-order valence-electron chi connectivity index (χ3n) is 5.19. The Morgan fingerprint density at radius 3 is 2.72 bits per heavy atom. The highest BCUT2D eigenvalue weighted by molar-refractivity contribution is 5.94. The van der Waals surface area contributed by atoms with E-state index in [0.29, 0.717) is 24.3 Å². The zero-order chi connectivity index (χ0) is 21.0. The summed E-state index contributed by atoms with van der Waals surface area (Å²) in [6, 6.07) is 7.57. The van der Waals surface area contributed by atoms with Gasteiger partial charge < -0.3 is 20.3 Å². The maximum absolute atomic E-state index is 12.6. The number of hydrogen-bond acceptors (Lipinski definition) is 6. The Hall–Kier alpha value is -3.36. The largest absolute Gasteiger partial charge is 0.505 e. The number of nitrogens with zero attached hydrogens (tertiary/aromatic N) is 2. The van der Waals surface area contributed by atoms with Crippen molar-refractivity contribution >= 4 is 11.9 Å². The van der Waals surface area contributed by atoms with Crippen molar-refractivity contribution in [3.05, 3.63) is 46.4 Å². The molecule has 1 aliphatic carbocycles. The Morgan fingerprint density at radius 2 is 2.00 bits per heavy atom. The summed E-state index contributed by atoms with van der Waals surface area (Å²) in [6.45, 7) is 0.157. The lowest BCUT2D eigenvalue weighted by Crippen LogP contribution is -2.38. The topological polar surface area (TPSA) is 131 Å². The van der Waals surface area contributed by atoms with Gasteiger partial charge in [-0.05, 0) is 30.9 Å². The van der Waals surface area contributed by atoms with Crippen molar-refractivity contribution in [2.24, 2.45) is 11.8 Å². The number of aromatic nitrogens is 2. The number of amides is 1. The van der Waals surface area contributed by atoms with Gasteiger partial charge in [0.1, 0.15) is 11.4 Å². The monoisotopic (exact) mass is 401 g/mol. The van der Waals surface area contributed by atoms with Crippen LogP contribution in [0.2, 0.25) is 0 Å². The van der Waals surface area contributed by atoms with Gasteiger partial charge in [-0.15, -0.1) is 0 Å². The van der Waals surface area contributed by atoms with Gasteiger partial charge in [-0.1, -0.05) is 25.0 Å². The van der Waals surface area contributed by atoms with Crippen LogP contribution in [0, 0.1) is 11.8 Å². The number of benzene rings is 1. The van der Waals surface area contributed by atoms with Crippen molar-refractivity contribution in [3.63, 3.8) is 0 Å². The molecule has 0 aliphatic heterocycles. The maximum Gasteiger partial charge on any atom is 0.306 e. The minimum absolute atomic E-state index is 0.157.